The molecule has 0 aliphatic rings. The molecule has 3 aromatic rings. The van der Waals surface area contributed by atoms with Crippen LogP contribution in [0, 0.1) is 0 Å². The average molecular weight is 472 g/mol. The van der Waals surface area contributed by atoms with Crippen molar-refractivity contribution in [1.82, 2.24) is 9.80 Å². The van der Waals surface area contributed by atoms with Gasteiger partial charge in [0.25, 0.3) is 5.91 Å². The van der Waals surface area contributed by atoms with E-state index in [1.54, 1.807) is 12.1 Å². The Balaban J connectivity index is 1.97. The molecule has 2 N–H and O–H groups in total. The molecular weight excluding hydrogens is 445 g/mol. The molecule has 0 heterocycles. The third kappa shape index (κ3) is 6.00. The SMILES string of the molecule is CN(C)CCC(CN(CC(N)=O)C(=O)c1cccc2ccccc12)c1ccc(Cl)c(Cl)c1. The molecule has 168 valence electrons. The van der Waals surface area contributed by atoms with Crippen molar-refractivity contribution >= 4 is 45.8 Å². The van der Waals surface area contributed by atoms with Gasteiger partial charge in [-0.3, -0.25) is 9.59 Å². The van der Waals surface area contributed by atoms with E-state index in [0.717, 1.165) is 29.3 Å². The van der Waals surface area contributed by atoms with Crippen LogP contribution in [-0.4, -0.2) is 55.3 Å². The van der Waals surface area contributed by atoms with E-state index in [1.807, 2.05) is 62.6 Å². The molecular formula is C25H27Cl2N3O2. The Morgan fingerprint density at radius 2 is 1.69 bits per heavy atom. The molecule has 0 spiro atoms. The summed E-state index contributed by atoms with van der Waals surface area (Å²) in [5.74, 6) is -0.833. The fourth-order valence-corrected chi connectivity index (χ4v) is 4.11. The monoisotopic (exact) mass is 471 g/mol. The second-order valence-corrected chi connectivity index (χ2v) is 8.96. The van der Waals surface area contributed by atoms with E-state index in [-0.39, 0.29) is 18.4 Å². The summed E-state index contributed by atoms with van der Waals surface area (Å²) in [6, 6.07) is 18.8. The molecule has 1 atom stereocenters. The second-order valence-electron chi connectivity index (χ2n) is 8.14. The lowest BCUT2D eigenvalue weighted by Gasteiger charge is -2.28. The van der Waals surface area contributed by atoms with Crippen molar-refractivity contribution in [3.63, 3.8) is 0 Å². The summed E-state index contributed by atoms with van der Waals surface area (Å²) < 4.78 is 0. The van der Waals surface area contributed by atoms with Crippen LogP contribution < -0.4 is 5.73 Å². The summed E-state index contributed by atoms with van der Waals surface area (Å²) in [4.78, 5) is 29.1. The van der Waals surface area contributed by atoms with E-state index < -0.39 is 5.91 Å². The van der Waals surface area contributed by atoms with Crippen molar-refractivity contribution in [3.05, 3.63) is 81.8 Å². The van der Waals surface area contributed by atoms with E-state index in [9.17, 15) is 9.59 Å². The molecule has 0 bridgehead atoms. The molecule has 0 fully saturated rings. The Hall–Kier alpha value is -2.60. The summed E-state index contributed by atoms with van der Waals surface area (Å²) >= 11 is 12.4. The first-order valence-corrected chi connectivity index (χ1v) is 11.2. The van der Waals surface area contributed by atoms with E-state index in [4.69, 9.17) is 28.9 Å². The largest absolute Gasteiger partial charge is 0.368 e. The molecule has 2 amide bonds. The minimum atomic E-state index is -0.556. The molecule has 0 radical (unpaired) electrons. The molecule has 0 aromatic heterocycles. The number of benzene rings is 3. The van der Waals surface area contributed by atoms with Crippen molar-refractivity contribution < 1.29 is 9.59 Å². The molecule has 7 heteroatoms. The fourth-order valence-electron chi connectivity index (χ4n) is 3.80. The number of hydrogen-bond donors (Lipinski definition) is 1. The van der Waals surface area contributed by atoms with Crippen LogP contribution in [0.25, 0.3) is 10.8 Å². The number of carbonyl (C=O) groups excluding carboxylic acids is 2. The van der Waals surface area contributed by atoms with Crippen LogP contribution in [0.4, 0.5) is 0 Å². The Labute approximate surface area is 198 Å². The maximum absolute atomic E-state index is 13.6. The summed E-state index contributed by atoms with van der Waals surface area (Å²) in [5.41, 5.74) is 7.03. The first-order chi connectivity index (χ1) is 15.3. The zero-order valence-corrected chi connectivity index (χ0v) is 19.7. The lowest BCUT2D eigenvalue weighted by atomic mass is 9.94. The molecule has 3 rings (SSSR count). The summed E-state index contributed by atoms with van der Waals surface area (Å²) in [5, 5.41) is 2.74. The average Bonchev–Trinajstić information content (AvgIpc) is 2.76. The number of nitrogens with two attached hydrogens (primary N) is 1. The molecule has 0 aliphatic heterocycles. The van der Waals surface area contributed by atoms with Gasteiger partial charge >= 0.3 is 0 Å². The molecule has 0 aliphatic carbocycles. The van der Waals surface area contributed by atoms with Crippen LogP contribution in [0.2, 0.25) is 10.0 Å². The Bertz CT molecular complexity index is 1110. The highest BCUT2D eigenvalue weighted by molar-refractivity contribution is 6.42. The van der Waals surface area contributed by atoms with Gasteiger partial charge in [-0.15, -0.1) is 0 Å². The van der Waals surface area contributed by atoms with Crippen molar-refractivity contribution in [1.29, 1.82) is 0 Å². The summed E-state index contributed by atoms with van der Waals surface area (Å²) in [6.07, 6.45) is 0.767. The second kappa shape index (κ2) is 10.8. The summed E-state index contributed by atoms with van der Waals surface area (Å²) in [7, 11) is 3.99. The van der Waals surface area contributed by atoms with Gasteiger partial charge in [-0.25, -0.2) is 0 Å². The third-order valence-electron chi connectivity index (χ3n) is 5.43. The van der Waals surface area contributed by atoms with Gasteiger partial charge in [-0.05, 0) is 61.6 Å². The van der Waals surface area contributed by atoms with Gasteiger partial charge in [0.1, 0.15) is 0 Å². The highest BCUT2D eigenvalue weighted by Gasteiger charge is 2.24. The smallest absolute Gasteiger partial charge is 0.254 e. The standard InChI is InChI=1S/C25H27Cl2N3O2/c1-29(2)13-12-19(18-10-11-22(26)23(27)14-18)15-30(16-24(28)31)25(32)21-9-5-7-17-6-3-4-8-20(17)21/h3-11,14,19H,12-13,15-16H2,1-2H3,(H2,28,31). The van der Waals surface area contributed by atoms with Gasteiger partial charge in [0, 0.05) is 18.0 Å². The van der Waals surface area contributed by atoms with Gasteiger partial charge in [0.05, 0.1) is 16.6 Å². The fraction of sp³-hybridized carbons (Fsp3) is 0.280. The molecule has 0 saturated heterocycles. The van der Waals surface area contributed by atoms with Crippen LogP contribution in [0.3, 0.4) is 0 Å². The maximum atomic E-state index is 13.6. The van der Waals surface area contributed by atoms with Crippen molar-refractivity contribution in [3.8, 4) is 0 Å². The van der Waals surface area contributed by atoms with Crippen LogP contribution in [-0.2, 0) is 4.79 Å². The predicted octanol–water partition coefficient (Wildman–Crippen LogP) is 4.81. The van der Waals surface area contributed by atoms with Gasteiger partial charge < -0.3 is 15.5 Å². The lowest BCUT2D eigenvalue weighted by molar-refractivity contribution is -0.118. The first-order valence-electron chi connectivity index (χ1n) is 10.4. The zero-order chi connectivity index (χ0) is 23.3. The Kier molecular flexibility index (Phi) is 8.13. The number of fused-ring (bicyclic) bond motifs is 1. The van der Waals surface area contributed by atoms with Crippen molar-refractivity contribution in [2.24, 2.45) is 5.73 Å². The number of carbonyl (C=O) groups is 2. The zero-order valence-electron chi connectivity index (χ0n) is 18.2. The van der Waals surface area contributed by atoms with Gasteiger partial charge in [0.2, 0.25) is 5.91 Å². The van der Waals surface area contributed by atoms with Gasteiger partial charge in [-0.2, -0.15) is 0 Å². The van der Waals surface area contributed by atoms with Crippen molar-refractivity contribution in [2.75, 3.05) is 33.7 Å². The van der Waals surface area contributed by atoms with Crippen LogP contribution in [0.1, 0.15) is 28.3 Å². The number of hydrogen-bond acceptors (Lipinski definition) is 3. The minimum Gasteiger partial charge on any atom is -0.368 e. The normalized spacial score (nSPS) is 12.2. The number of primary amides is 1. The number of nitrogens with zero attached hydrogens (tertiary/aromatic N) is 2. The van der Waals surface area contributed by atoms with Crippen LogP contribution in [0.15, 0.2) is 60.7 Å². The number of amides is 2. The highest BCUT2D eigenvalue weighted by atomic mass is 35.5. The lowest BCUT2D eigenvalue weighted by Crippen LogP contribution is -2.41. The topological polar surface area (TPSA) is 66.6 Å². The van der Waals surface area contributed by atoms with Crippen LogP contribution in [0.5, 0.6) is 0 Å². The van der Waals surface area contributed by atoms with Gasteiger partial charge in [-0.1, -0.05) is 65.7 Å². The van der Waals surface area contributed by atoms with E-state index in [0.29, 0.717) is 22.2 Å². The first kappa shape index (κ1) is 24.1. The van der Waals surface area contributed by atoms with Crippen LogP contribution >= 0.6 is 23.2 Å². The van der Waals surface area contributed by atoms with E-state index >= 15 is 0 Å². The number of halogens is 2. The van der Waals surface area contributed by atoms with E-state index in [2.05, 4.69) is 4.90 Å². The number of rotatable bonds is 9. The minimum absolute atomic E-state index is 0.0505. The molecule has 32 heavy (non-hydrogen) atoms. The van der Waals surface area contributed by atoms with Crippen molar-refractivity contribution in [2.45, 2.75) is 12.3 Å². The van der Waals surface area contributed by atoms with Gasteiger partial charge in [0.15, 0.2) is 0 Å². The van der Waals surface area contributed by atoms with E-state index in [1.165, 1.54) is 4.90 Å². The summed E-state index contributed by atoms with van der Waals surface area (Å²) in [6.45, 7) is 0.969. The quantitative estimate of drug-likeness (QED) is 0.486. The Morgan fingerprint density at radius 1 is 0.969 bits per heavy atom. The highest BCUT2D eigenvalue weighted by Crippen LogP contribution is 2.30. The molecule has 0 saturated carbocycles. The molecule has 1 unspecified atom stereocenters. The molecule has 3 aromatic carbocycles. The predicted molar refractivity (Wildman–Crippen MR) is 131 cm³/mol. The Morgan fingerprint density at radius 3 is 2.38 bits per heavy atom. The third-order valence-corrected chi connectivity index (χ3v) is 6.17. The molecule has 5 nitrogen and oxygen atoms in total. The maximum Gasteiger partial charge on any atom is 0.254 e.